The molecule has 0 aliphatic carbocycles. The average molecular weight is 1340 g/mol. The minimum absolute atomic E-state index is 0.138. The summed E-state index contributed by atoms with van der Waals surface area (Å²) in [5.74, 6) is -2.31. The molecule has 0 saturated carbocycles. The van der Waals surface area contributed by atoms with Crippen molar-refractivity contribution in [3.8, 4) is 0 Å². The molecular formula is C87H151NO8. The molecule has 0 heterocycles. The zero-order valence-electron chi connectivity index (χ0n) is 63.2. The first kappa shape index (κ1) is 91.7. The minimum atomic E-state index is -1.64. The Labute approximate surface area is 593 Å². The third kappa shape index (κ3) is 77.0. The number of nitrogens with zero attached hydrogens (tertiary/aromatic N) is 1. The van der Waals surface area contributed by atoms with Crippen LogP contribution < -0.4 is 5.11 Å². The summed E-state index contributed by atoms with van der Waals surface area (Å²) in [7, 11) is 5.92. The van der Waals surface area contributed by atoms with Crippen LogP contribution in [-0.4, -0.2) is 82.3 Å². The van der Waals surface area contributed by atoms with E-state index < -0.39 is 24.3 Å². The molecule has 0 aliphatic rings. The van der Waals surface area contributed by atoms with Crippen molar-refractivity contribution in [3.05, 3.63) is 122 Å². The van der Waals surface area contributed by atoms with Crippen LogP contribution in [0.2, 0.25) is 0 Å². The minimum Gasteiger partial charge on any atom is -0.545 e. The van der Waals surface area contributed by atoms with E-state index in [4.69, 9.17) is 18.9 Å². The average Bonchev–Trinajstić information content (AvgIpc) is 2.43. The zero-order chi connectivity index (χ0) is 69.7. The van der Waals surface area contributed by atoms with Crippen LogP contribution in [-0.2, 0) is 33.3 Å². The van der Waals surface area contributed by atoms with Crippen LogP contribution in [0.4, 0.5) is 0 Å². The molecule has 0 aromatic carbocycles. The number of likely N-dealkylation sites (N-methyl/N-ethyl adjacent to an activating group) is 1. The fourth-order valence-corrected chi connectivity index (χ4v) is 11.4. The summed E-state index contributed by atoms with van der Waals surface area (Å²) in [6, 6.07) is 0. The Morgan fingerprint density at radius 3 is 0.885 bits per heavy atom. The molecule has 0 rings (SSSR count). The third-order valence-electron chi connectivity index (χ3n) is 17.5. The number of carboxylic acids is 1. The van der Waals surface area contributed by atoms with Gasteiger partial charge in [-0.1, -0.05) is 373 Å². The molecule has 0 aliphatic heterocycles. The van der Waals surface area contributed by atoms with E-state index in [0.29, 0.717) is 17.4 Å². The van der Waals surface area contributed by atoms with Crippen LogP contribution in [0.15, 0.2) is 122 Å². The van der Waals surface area contributed by atoms with Gasteiger partial charge in [0.05, 0.1) is 40.3 Å². The van der Waals surface area contributed by atoms with Gasteiger partial charge in [0.1, 0.15) is 13.2 Å². The zero-order valence-corrected chi connectivity index (χ0v) is 63.2. The van der Waals surface area contributed by atoms with Crippen LogP contribution in [0, 0.1) is 0 Å². The Morgan fingerprint density at radius 1 is 0.323 bits per heavy atom. The van der Waals surface area contributed by atoms with Gasteiger partial charge in [0.15, 0.2) is 12.4 Å². The van der Waals surface area contributed by atoms with Crippen molar-refractivity contribution in [1.82, 2.24) is 0 Å². The van der Waals surface area contributed by atoms with Crippen LogP contribution >= 0.6 is 0 Å². The van der Waals surface area contributed by atoms with E-state index in [1.807, 2.05) is 21.1 Å². The summed E-state index contributed by atoms with van der Waals surface area (Å²) < 4.78 is 22.8. The van der Waals surface area contributed by atoms with Gasteiger partial charge in [0.25, 0.3) is 0 Å². The van der Waals surface area contributed by atoms with Crippen molar-refractivity contribution in [2.45, 2.75) is 367 Å². The molecular weight excluding hydrogens is 1190 g/mol. The van der Waals surface area contributed by atoms with E-state index in [0.717, 1.165) is 109 Å². The molecule has 96 heavy (non-hydrogen) atoms. The van der Waals surface area contributed by atoms with Gasteiger partial charge in [-0.2, -0.15) is 0 Å². The molecule has 0 bridgehead atoms. The number of carbonyl (C=O) groups is 3. The van der Waals surface area contributed by atoms with E-state index in [1.54, 1.807) is 0 Å². The van der Waals surface area contributed by atoms with Crippen LogP contribution in [0.1, 0.15) is 354 Å². The molecule has 0 saturated heterocycles. The number of aliphatic carboxylic acids is 1. The number of esters is 2. The van der Waals surface area contributed by atoms with E-state index in [-0.39, 0.29) is 38.6 Å². The molecule has 2 atom stereocenters. The van der Waals surface area contributed by atoms with Crippen molar-refractivity contribution >= 4 is 17.9 Å². The lowest BCUT2D eigenvalue weighted by molar-refractivity contribution is -0.870. The summed E-state index contributed by atoms with van der Waals surface area (Å²) >= 11 is 0. The fraction of sp³-hybridized carbons (Fsp3) is 0.736. The van der Waals surface area contributed by atoms with Gasteiger partial charge in [-0.05, 0) is 89.9 Å². The highest BCUT2D eigenvalue weighted by molar-refractivity contribution is 5.70. The molecule has 9 heteroatoms. The first-order valence-corrected chi connectivity index (χ1v) is 40.2. The van der Waals surface area contributed by atoms with Crippen LogP contribution in [0.3, 0.4) is 0 Å². The first-order chi connectivity index (χ1) is 47.1. The lowest BCUT2D eigenvalue weighted by Gasteiger charge is -2.26. The lowest BCUT2D eigenvalue weighted by Crippen LogP contribution is -2.44. The molecule has 552 valence electrons. The Kier molecular flexibility index (Phi) is 73.0. The maximum Gasteiger partial charge on any atom is 0.306 e. The van der Waals surface area contributed by atoms with E-state index in [2.05, 4.69) is 135 Å². The standard InChI is InChI=1S/C87H151NO8/c1-6-8-10-12-14-16-18-20-22-24-26-28-30-32-34-36-38-40-42-44-45-47-49-51-53-55-57-59-61-63-65-67-69-71-73-75-77-84(89)94-81-83(82-95-87(86(91)92)93-80-79-88(3,4)5)96-85(90)78-76-74-72-70-68-66-64-62-60-58-56-54-52-50-48-46-43-41-39-37-35-33-31-29-27-25-23-21-19-17-15-13-11-9-7-2/h9,11,15,17,21,23,27,29,33,35,39,41,46,48,52,54,58,60,64,66,83,87H,6-8,10,12-14,16,18-20,22,24-26,28,30-32,34,36-38,40,42-45,47,49-51,53,55-57,59,61-63,65,67-82H2,1-5H3/b11-9-,17-15-,23-21-,29-27-,35-33-,41-39-,48-46-,54-52-,60-58-,66-64-. The van der Waals surface area contributed by atoms with E-state index >= 15 is 0 Å². The molecule has 0 aromatic rings. The lowest BCUT2D eigenvalue weighted by atomic mass is 10.0. The number of ether oxygens (including phenoxy) is 4. The first-order valence-electron chi connectivity index (χ1n) is 40.2. The second-order valence-electron chi connectivity index (χ2n) is 28.0. The second kappa shape index (κ2) is 76.4. The second-order valence-corrected chi connectivity index (χ2v) is 28.0. The largest absolute Gasteiger partial charge is 0.545 e. The highest BCUT2D eigenvalue weighted by Gasteiger charge is 2.22. The topological polar surface area (TPSA) is 111 Å². The monoisotopic (exact) mass is 1340 g/mol. The summed E-state index contributed by atoms with van der Waals surface area (Å²) in [5, 5.41) is 11.9. The van der Waals surface area contributed by atoms with Gasteiger partial charge in [-0.25, -0.2) is 0 Å². The molecule has 2 unspecified atom stereocenters. The van der Waals surface area contributed by atoms with Gasteiger partial charge in [-0.15, -0.1) is 0 Å². The number of quaternary nitrogens is 1. The number of carboxylic acid groups (broad SMARTS) is 1. The highest BCUT2D eigenvalue weighted by atomic mass is 16.7. The molecule has 0 amide bonds. The number of unbranched alkanes of at least 4 members (excludes halogenated alkanes) is 39. The van der Waals surface area contributed by atoms with Gasteiger partial charge in [0.2, 0.25) is 0 Å². The Morgan fingerprint density at radius 2 is 0.594 bits per heavy atom. The maximum absolute atomic E-state index is 13.0. The van der Waals surface area contributed by atoms with Crippen molar-refractivity contribution in [3.63, 3.8) is 0 Å². The van der Waals surface area contributed by atoms with Gasteiger partial charge in [-0.3, -0.25) is 9.59 Å². The van der Waals surface area contributed by atoms with Gasteiger partial charge in [0, 0.05) is 12.8 Å². The van der Waals surface area contributed by atoms with Gasteiger partial charge >= 0.3 is 11.9 Å². The Bertz CT molecular complexity index is 2000. The van der Waals surface area contributed by atoms with Crippen molar-refractivity contribution in [2.24, 2.45) is 0 Å². The summed E-state index contributed by atoms with van der Waals surface area (Å²) in [6.07, 6.45) is 106. The van der Waals surface area contributed by atoms with E-state index in [1.165, 1.54) is 212 Å². The maximum atomic E-state index is 13.0. The van der Waals surface area contributed by atoms with Gasteiger partial charge < -0.3 is 33.3 Å². The van der Waals surface area contributed by atoms with Crippen LogP contribution in [0.5, 0.6) is 0 Å². The fourth-order valence-electron chi connectivity index (χ4n) is 11.4. The quantitative estimate of drug-likeness (QED) is 0.0195. The molecule has 0 spiro atoms. The molecule has 0 N–H and O–H groups in total. The number of carbonyl (C=O) groups excluding carboxylic acids is 3. The highest BCUT2D eigenvalue weighted by Crippen LogP contribution is 2.19. The smallest absolute Gasteiger partial charge is 0.306 e. The van der Waals surface area contributed by atoms with Crippen molar-refractivity contribution in [2.75, 3.05) is 47.5 Å². The predicted octanol–water partition coefficient (Wildman–Crippen LogP) is 24.5. The SMILES string of the molecule is CC/C=C\C/C=C\C/C=C\C/C=C\C/C=C\C/C=C\C/C=C\C/C=C\C/C=C\C/C=C\CCCCCCC(=O)OC(COC(=O)CCCCCCCCCCCCCCCCCCCCCCCCCCCCCCCCCCCCCC)COC(OCC[N+](C)(C)C)C(=O)[O-]. The third-order valence-corrected chi connectivity index (χ3v) is 17.5. The number of hydrogen-bond donors (Lipinski definition) is 0. The van der Waals surface area contributed by atoms with Crippen LogP contribution in [0.25, 0.3) is 0 Å². The number of hydrogen-bond acceptors (Lipinski definition) is 8. The summed E-state index contributed by atoms with van der Waals surface area (Å²) in [6.45, 7) is 4.64. The molecule has 9 nitrogen and oxygen atoms in total. The van der Waals surface area contributed by atoms with Crippen molar-refractivity contribution < 1.29 is 42.9 Å². The molecule has 0 aromatic heterocycles. The number of rotatable bonds is 74. The summed E-state index contributed by atoms with van der Waals surface area (Å²) in [5.41, 5.74) is 0. The predicted molar refractivity (Wildman–Crippen MR) is 412 cm³/mol. The molecule has 0 radical (unpaired) electrons. The molecule has 0 fully saturated rings. The van der Waals surface area contributed by atoms with Crippen molar-refractivity contribution in [1.29, 1.82) is 0 Å². The Hall–Kier alpha value is -4.31. The Balaban J connectivity index is 4.09. The number of allylic oxidation sites excluding steroid dienone is 20. The summed E-state index contributed by atoms with van der Waals surface area (Å²) in [4.78, 5) is 37.6. The normalized spacial score (nSPS) is 13.3. The van der Waals surface area contributed by atoms with E-state index in [9.17, 15) is 19.5 Å².